The minimum atomic E-state index is -0.763. The van der Waals surface area contributed by atoms with Crippen molar-refractivity contribution in [3.8, 4) is 0 Å². The molecule has 0 spiro atoms. The molecule has 0 N–H and O–H groups in total. The molecule has 0 saturated carbocycles. The van der Waals surface area contributed by atoms with Gasteiger partial charge in [-0.05, 0) is 31.1 Å². The third-order valence-electron chi connectivity index (χ3n) is 15.3. The van der Waals surface area contributed by atoms with Crippen LogP contribution in [0, 0.1) is 11.8 Å². The second-order valence-corrected chi connectivity index (χ2v) is 23.1. The highest BCUT2D eigenvalue weighted by molar-refractivity contribution is 5.71. The fourth-order valence-corrected chi connectivity index (χ4v) is 10.1. The summed E-state index contributed by atoms with van der Waals surface area (Å²) in [6.07, 6.45) is 63.8. The molecule has 71 heavy (non-hydrogen) atoms. The Balaban J connectivity index is 4.26. The molecule has 6 nitrogen and oxygen atoms in total. The smallest absolute Gasteiger partial charge is 0.306 e. The van der Waals surface area contributed by atoms with Gasteiger partial charge in [-0.1, -0.05) is 330 Å². The third kappa shape index (κ3) is 57.5. The standard InChI is InChI=1S/C65H126O6/c1-6-8-9-10-11-12-13-14-25-30-35-40-45-50-55-63(66)69-58-62(59-70-64(67)56-51-46-41-36-31-26-22-21-23-28-33-38-43-48-53-60(3)4)71-65(68)57-52-47-42-37-32-27-20-18-16-15-17-19-24-29-34-39-44-49-54-61(5)7-2/h60-62H,6-59H2,1-5H3/t61?,62-/m1/s1. The monoisotopic (exact) mass is 1000 g/mol. The first-order valence-corrected chi connectivity index (χ1v) is 32.3. The molecule has 0 saturated heterocycles. The van der Waals surface area contributed by atoms with E-state index in [1.807, 2.05) is 0 Å². The van der Waals surface area contributed by atoms with Gasteiger partial charge in [-0.15, -0.1) is 0 Å². The average molecular weight is 1000 g/mol. The number of rotatable bonds is 59. The van der Waals surface area contributed by atoms with Crippen molar-refractivity contribution in [2.24, 2.45) is 11.8 Å². The summed E-state index contributed by atoms with van der Waals surface area (Å²) >= 11 is 0. The van der Waals surface area contributed by atoms with E-state index in [0.29, 0.717) is 19.3 Å². The van der Waals surface area contributed by atoms with E-state index < -0.39 is 6.10 Å². The zero-order valence-corrected chi connectivity index (χ0v) is 48.9. The van der Waals surface area contributed by atoms with E-state index in [1.165, 1.54) is 257 Å². The Morgan fingerprint density at radius 2 is 0.535 bits per heavy atom. The van der Waals surface area contributed by atoms with Crippen molar-refractivity contribution in [2.75, 3.05) is 13.2 Å². The van der Waals surface area contributed by atoms with Crippen LogP contribution < -0.4 is 0 Å². The van der Waals surface area contributed by atoms with Gasteiger partial charge in [0.2, 0.25) is 0 Å². The number of hydrogen-bond donors (Lipinski definition) is 0. The molecule has 2 atom stereocenters. The van der Waals surface area contributed by atoms with Crippen LogP contribution in [0.3, 0.4) is 0 Å². The summed E-state index contributed by atoms with van der Waals surface area (Å²) in [5, 5.41) is 0. The molecule has 0 aromatic carbocycles. The second kappa shape index (κ2) is 57.7. The van der Waals surface area contributed by atoms with Crippen LogP contribution in [0.1, 0.15) is 369 Å². The molecule has 0 fully saturated rings. The van der Waals surface area contributed by atoms with Crippen LogP contribution in [0.15, 0.2) is 0 Å². The molecule has 0 radical (unpaired) electrons. The van der Waals surface area contributed by atoms with Crippen molar-refractivity contribution in [1.82, 2.24) is 0 Å². The van der Waals surface area contributed by atoms with E-state index in [0.717, 1.165) is 69.6 Å². The van der Waals surface area contributed by atoms with E-state index in [4.69, 9.17) is 14.2 Å². The topological polar surface area (TPSA) is 78.9 Å². The first kappa shape index (κ1) is 69.4. The summed E-state index contributed by atoms with van der Waals surface area (Å²) in [7, 11) is 0. The van der Waals surface area contributed by atoms with E-state index in [-0.39, 0.29) is 31.1 Å². The third-order valence-corrected chi connectivity index (χ3v) is 15.3. The Bertz CT molecular complexity index is 1090. The summed E-state index contributed by atoms with van der Waals surface area (Å²) in [5.74, 6) is 0.923. The van der Waals surface area contributed by atoms with Crippen molar-refractivity contribution < 1.29 is 28.6 Å². The molecule has 0 bridgehead atoms. The van der Waals surface area contributed by atoms with Gasteiger partial charge in [0.15, 0.2) is 6.10 Å². The number of ether oxygens (including phenoxy) is 3. The first-order chi connectivity index (χ1) is 34.8. The summed E-state index contributed by atoms with van der Waals surface area (Å²) in [5.41, 5.74) is 0. The van der Waals surface area contributed by atoms with Gasteiger partial charge < -0.3 is 14.2 Å². The molecule has 6 heteroatoms. The molecule has 0 amide bonds. The summed E-state index contributed by atoms with van der Waals surface area (Å²) in [4.78, 5) is 38.3. The molecule has 0 aliphatic heterocycles. The first-order valence-electron chi connectivity index (χ1n) is 32.3. The molecule has 0 aliphatic carbocycles. The van der Waals surface area contributed by atoms with Crippen LogP contribution >= 0.6 is 0 Å². The van der Waals surface area contributed by atoms with Gasteiger partial charge in [0, 0.05) is 19.3 Å². The Hall–Kier alpha value is -1.59. The molecule has 0 heterocycles. The number of hydrogen-bond acceptors (Lipinski definition) is 6. The van der Waals surface area contributed by atoms with E-state index in [2.05, 4.69) is 34.6 Å². The Kier molecular flexibility index (Phi) is 56.4. The predicted molar refractivity (Wildman–Crippen MR) is 307 cm³/mol. The molecule has 0 rings (SSSR count). The minimum Gasteiger partial charge on any atom is -0.462 e. The van der Waals surface area contributed by atoms with Crippen LogP contribution in [0.5, 0.6) is 0 Å². The van der Waals surface area contributed by atoms with Gasteiger partial charge in [0.1, 0.15) is 13.2 Å². The predicted octanol–water partition coefficient (Wildman–Crippen LogP) is 21.6. The highest BCUT2D eigenvalue weighted by Gasteiger charge is 2.19. The lowest BCUT2D eigenvalue weighted by atomic mass is 9.99. The highest BCUT2D eigenvalue weighted by Crippen LogP contribution is 2.19. The fourth-order valence-electron chi connectivity index (χ4n) is 10.1. The maximum atomic E-state index is 12.9. The van der Waals surface area contributed by atoms with Gasteiger partial charge in [-0.3, -0.25) is 14.4 Å². The Morgan fingerprint density at radius 3 is 0.803 bits per heavy atom. The van der Waals surface area contributed by atoms with Crippen molar-refractivity contribution in [3.05, 3.63) is 0 Å². The van der Waals surface area contributed by atoms with Gasteiger partial charge in [-0.2, -0.15) is 0 Å². The van der Waals surface area contributed by atoms with Crippen LogP contribution in [-0.2, 0) is 28.6 Å². The maximum Gasteiger partial charge on any atom is 0.306 e. The minimum absolute atomic E-state index is 0.0618. The van der Waals surface area contributed by atoms with E-state index in [9.17, 15) is 14.4 Å². The second-order valence-electron chi connectivity index (χ2n) is 23.1. The zero-order valence-electron chi connectivity index (χ0n) is 48.9. The lowest BCUT2D eigenvalue weighted by Gasteiger charge is -2.18. The van der Waals surface area contributed by atoms with Crippen LogP contribution in [-0.4, -0.2) is 37.2 Å². The van der Waals surface area contributed by atoms with Crippen molar-refractivity contribution in [2.45, 2.75) is 375 Å². The summed E-state index contributed by atoms with van der Waals surface area (Å²) in [6.45, 7) is 11.5. The van der Waals surface area contributed by atoms with Gasteiger partial charge >= 0.3 is 17.9 Å². The quantitative estimate of drug-likeness (QED) is 0.0343. The van der Waals surface area contributed by atoms with E-state index in [1.54, 1.807) is 0 Å². The maximum absolute atomic E-state index is 12.9. The number of carbonyl (C=O) groups is 3. The van der Waals surface area contributed by atoms with Crippen LogP contribution in [0.4, 0.5) is 0 Å². The van der Waals surface area contributed by atoms with Gasteiger partial charge in [0.05, 0.1) is 0 Å². The zero-order chi connectivity index (χ0) is 51.8. The number of unbranched alkanes of at least 4 members (excludes halogenated alkanes) is 43. The number of esters is 3. The summed E-state index contributed by atoms with van der Waals surface area (Å²) < 4.78 is 17.0. The fraction of sp³-hybridized carbons (Fsp3) is 0.954. The molecule has 0 aliphatic rings. The largest absolute Gasteiger partial charge is 0.462 e. The SMILES string of the molecule is CCCCCCCCCCCCCCCCC(=O)OC[C@H](COC(=O)CCCCCCCCCCCCCCCCC(C)C)OC(=O)CCCCCCCCCCCCCCCCCCCCC(C)CC. The summed E-state index contributed by atoms with van der Waals surface area (Å²) in [6, 6.07) is 0. The molecule has 1 unspecified atom stereocenters. The molecule has 422 valence electrons. The normalized spacial score (nSPS) is 12.4. The molecular formula is C65H126O6. The average Bonchev–Trinajstić information content (AvgIpc) is 3.36. The highest BCUT2D eigenvalue weighted by atomic mass is 16.6. The molecule has 0 aromatic heterocycles. The Labute approximate surface area is 444 Å². The Morgan fingerprint density at radius 1 is 0.296 bits per heavy atom. The van der Waals surface area contributed by atoms with Crippen LogP contribution in [0.2, 0.25) is 0 Å². The van der Waals surface area contributed by atoms with Gasteiger partial charge in [-0.25, -0.2) is 0 Å². The number of carbonyl (C=O) groups excluding carboxylic acids is 3. The van der Waals surface area contributed by atoms with Crippen molar-refractivity contribution in [1.29, 1.82) is 0 Å². The lowest BCUT2D eigenvalue weighted by molar-refractivity contribution is -0.167. The molecular weight excluding hydrogens is 877 g/mol. The van der Waals surface area contributed by atoms with Crippen molar-refractivity contribution >= 4 is 17.9 Å². The molecule has 0 aromatic rings. The van der Waals surface area contributed by atoms with Gasteiger partial charge in [0.25, 0.3) is 0 Å². The van der Waals surface area contributed by atoms with Crippen LogP contribution in [0.25, 0.3) is 0 Å². The van der Waals surface area contributed by atoms with Crippen molar-refractivity contribution in [3.63, 3.8) is 0 Å². The van der Waals surface area contributed by atoms with E-state index >= 15 is 0 Å². The lowest BCUT2D eigenvalue weighted by Crippen LogP contribution is -2.30.